The maximum atomic E-state index is 13.2. The molecule has 0 heterocycles. The summed E-state index contributed by atoms with van der Waals surface area (Å²) in [5, 5.41) is 11.7. The van der Waals surface area contributed by atoms with Crippen molar-refractivity contribution in [3.8, 4) is 0 Å². The van der Waals surface area contributed by atoms with E-state index in [-0.39, 0.29) is 63.9 Å². The maximum Gasteiger partial charge on any atom is 1.00 e. The Kier molecular flexibility index (Phi) is 6.78. The Labute approximate surface area is 210 Å². The Morgan fingerprint density at radius 2 is 1.52 bits per heavy atom. The largest absolute Gasteiger partial charge is 1.00 e. The molecule has 0 bridgehead atoms. The van der Waals surface area contributed by atoms with Gasteiger partial charge in [-0.25, -0.2) is 8.42 Å². The fraction of sp³-hybridized carbons (Fsp3) is 0.0455. The zero-order valence-electron chi connectivity index (χ0n) is 17.3. The minimum absolute atomic E-state index is 0. The molecule has 1 aliphatic carbocycles. The van der Waals surface area contributed by atoms with Gasteiger partial charge in [-0.3, -0.25) is 14.4 Å². The van der Waals surface area contributed by atoms with Crippen LogP contribution in [0.25, 0.3) is 0 Å². The van der Waals surface area contributed by atoms with E-state index >= 15 is 0 Å². The summed E-state index contributed by atoms with van der Waals surface area (Å²) in [6.45, 7) is 0. The number of carbonyl (C=O) groups is 3. The van der Waals surface area contributed by atoms with Crippen molar-refractivity contribution in [2.45, 2.75) is 11.3 Å². The number of aliphatic carboxylic acids is 1. The summed E-state index contributed by atoms with van der Waals surface area (Å²) in [5.41, 5.74) is 5.81. The molecule has 0 unspecified atom stereocenters. The molecule has 0 saturated heterocycles. The molecule has 4 N–H and O–H groups in total. The average molecular weight is 474 g/mol. The summed E-state index contributed by atoms with van der Waals surface area (Å²) in [7, 11) is -5.06. The van der Waals surface area contributed by atoms with Gasteiger partial charge in [-0.05, 0) is 23.8 Å². The van der Waals surface area contributed by atoms with Gasteiger partial charge in [0.2, 0.25) is 0 Å². The first-order valence-corrected chi connectivity index (χ1v) is 10.7. The van der Waals surface area contributed by atoms with E-state index in [1.165, 1.54) is 36.4 Å². The summed E-state index contributed by atoms with van der Waals surface area (Å²) < 4.78 is 35.4. The second-order valence-electron chi connectivity index (χ2n) is 7.14. The number of anilines is 3. The van der Waals surface area contributed by atoms with Crippen LogP contribution in [0.1, 0.15) is 37.4 Å². The molecule has 0 atom stereocenters. The van der Waals surface area contributed by atoms with E-state index in [2.05, 4.69) is 5.32 Å². The van der Waals surface area contributed by atoms with Gasteiger partial charge in [0.15, 0.2) is 11.6 Å². The molecule has 0 amide bonds. The van der Waals surface area contributed by atoms with Crippen LogP contribution < -0.4 is 40.6 Å². The molecule has 0 radical (unpaired) electrons. The Hall–Kier alpha value is -3.02. The molecule has 33 heavy (non-hydrogen) atoms. The van der Waals surface area contributed by atoms with Crippen molar-refractivity contribution in [2.24, 2.45) is 0 Å². The summed E-state index contributed by atoms with van der Waals surface area (Å²) in [4.78, 5) is 36.3. The minimum Gasteiger partial charge on any atom is -0.744 e. The van der Waals surface area contributed by atoms with Crippen molar-refractivity contribution >= 4 is 44.7 Å². The molecule has 0 aliphatic heterocycles. The van der Waals surface area contributed by atoms with E-state index in [1.54, 1.807) is 12.1 Å². The van der Waals surface area contributed by atoms with Crippen molar-refractivity contribution < 1.29 is 62.0 Å². The van der Waals surface area contributed by atoms with Gasteiger partial charge in [0.1, 0.15) is 10.1 Å². The van der Waals surface area contributed by atoms with Gasteiger partial charge in [0, 0.05) is 16.8 Å². The van der Waals surface area contributed by atoms with Crippen LogP contribution in [-0.4, -0.2) is 35.6 Å². The third-order valence-electron chi connectivity index (χ3n) is 5.06. The molecule has 0 saturated carbocycles. The Balaban J connectivity index is 0.00000306. The number of benzene rings is 3. The van der Waals surface area contributed by atoms with Crippen LogP contribution in [0, 0.1) is 0 Å². The number of hydrogen-bond acceptors (Lipinski definition) is 8. The Bertz CT molecular complexity index is 1420. The van der Waals surface area contributed by atoms with E-state index < -0.39 is 38.2 Å². The predicted molar refractivity (Wildman–Crippen MR) is 113 cm³/mol. The summed E-state index contributed by atoms with van der Waals surface area (Å²) in [6.07, 6.45) is -0.195. The number of ketones is 2. The molecule has 11 heteroatoms. The minimum atomic E-state index is -5.06. The standard InChI is InChI=1S/C22H16N2O7S.Na/c23-20-16(32(29,30)31)10-15(24-12-7-5-11(6-8-12)9-17(25)26)18-19(20)22(28)14-4-2-1-3-13(14)21(18)27;/h1-8,10,24H,9,23H2,(H,25,26)(H,29,30,31);/q;+1/p-1. The molecule has 0 spiro atoms. The van der Waals surface area contributed by atoms with Crippen molar-refractivity contribution in [1.82, 2.24) is 0 Å². The van der Waals surface area contributed by atoms with Crippen LogP contribution >= 0.6 is 0 Å². The van der Waals surface area contributed by atoms with Gasteiger partial charge in [-0.2, -0.15) is 0 Å². The van der Waals surface area contributed by atoms with E-state index in [4.69, 9.17) is 10.8 Å². The van der Waals surface area contributed by atoms with Crippen LogP contribution in [0.5, 0.6) is 0 Å². The summed E-state index contributed by atoms with van der Waals surface area (Å²) in [5.74, 6) is -2.23. The van der Waals surface area contributed by atoms with Crippen LogP contribution in [0.3, 0.4) is 0 Å². The summed E-state index contributed by atoms with van der Waals surface area (Å²) in [6, 6.07) is 13.1. The molecule has 9 nitrogen and oxygen atoms in total. The van der Waals surface area contributed by atoms with E-state index in [0.29, 0.717) is 11.3 Å². The SMILES string of the molecule is Nc1c(S(=O)(=O)[O-])cc(Nc2ccc(CC(=O)O)cc2)c2c1C(=O)c1ccccc1C2=O.[Na+]. The van der Waals surface area contributed by atoms with E-state index in [0.717, 1.165) is 6.07 Å². The van der Waals surface area contributed by atoms with Crippen molar-refractivity contribution in [3.63, 3.8) is 0 Å². The molecule has 3 aromatic rings. The zero-order chi connectivity index (χ0) is 23.2. The molecule has 0 fully saturated rings. The normalized spacial score (nSPS) is 12.4. The number of hydrogen-bond donors (Lipinski definition) is 3. The van der Waals surface area contributed by atoms with Crippen molar-refractivity contribution in [2.75, 3.05) is 11.1 Å². The van der Waals surface area contributed by atoms with Gasteiger partial charge < -0.3 is 20.7 Å². The zero-order valence-corrected chi connectivity index (χ0v) is 20.1. The molecular formula is C22H15N2NaO7S. The monoisotopic (exact) mass is 474 g/mol. The molecule has 1 aliphatic rings. The van der Waals surface area contributed by atoms with Gasteiger partial charge in [-0.15, -0.1) is 0 Å². The number of nitrogens with one attached hydrogen (secondary N) is 1. The van der Waals surface area contributed by atoms with Crippen LogP contribution in [0.15, 0.2) is 59.5 Å². The van der Waals surface area contributed by atoms with Crippen LogP contribution in [0.4, 0.5) is 17.1 Å². The van der Waals surface area contributed by atoms with Crippen molar-refractivity contribution in [1.29, 1.82) is 0 Å². The summed E-state index contributed by atoms with van der Waals surface area (Å²) >= 11 is 0. The molecule has 0 aromatic heterocycles. The van der Waals surface area contributed by atoms with Crippen LogP contribution in [-0.2, 0) is 21.3 Å². The Morgan fingerprint density at radius 1 is 0.970 bits per heavy atom. The van der Waals surface area contributed by atoms with Gasteiger partial charge in [0.05, 0.1) is 33.8 Å². The number of nitrogens with two attached hydrogens (primary N) is 1. The molecule has 4 rings (SSSR count). The molecular weight excluding hydrogens is 459 g/mol. The molecule has 162 valence electrons. The van der Waals surface area contributed by atoms with Crippen molar-refractivity contribution in [3.05, 3.63) is 82.4 Å². The fourth-order valence-electron chi connectivity index (χ4n) is 3.64. The quantitative estimate of drug-likeness (QED) is 0.193. The first-order valence-electron chi connectivity index (χ1n) is 9.26. The topological polar surface area (TPSA) is 167 Å². The third-order valence-corrected chi connectivity index (χ3v) is 5.93. The van der Waals surface area contributed by atoms with Crippen LogP contribution in [0.2, 0.25) is 0 Å². The van der Waals surface area contributed by atoms with Gasteiger partial charge in [-0.1, -0.05) is 36.4 Å². The first-order chi connectivity index (χ1) is 15.1. The number of rotatable bonds is 5. The van der Waals surface area contributed by atoms with Gasteiger partial charge >= 0.3 is 35.5 Å². The number of nitrogen functional groups attached to an aromatic ring is 1. The number of carboxylic acids is 1. The third kappa shape index (κ3) is 4.56. The predicted octanol–water partition coefficient (Wildman–Crippen LogP) is -0.677. The second-order valence-corrected chi connectivity index (χ2v) is 8.48. The number of fused-ring (bicyclic) bond motifs is 2. The number of carboxylic acid groups (broad SMARTS) is 1. The smallest absolute Gasteiger partial charge is 0.744 e. The maximum absolute atomic E-state index is 13.2. The number of carbonyl (C=O) groups excluding carboxylic acids is 2. The Morgan fingerprint density at radius 3 is 2.03 bits per heavy atom. The van der Waals surface area contributed by atoms with Gasteiger partial charge in [0.25, 0.3) is 0 Å². The molecule has 3 aromatic carbocycles. The average Bonchev–Trinajstić information content (AvgIpc) is 2.73. The van der Waals surface area contributed by atoms with E-state index in [9.17, 15) is 27.4 Å². The first kappa shape index (κ1) is 24.6. The van der Waals surface area contributed by atoms with E-state index in [1.807, 2.05) is 0 Å². The fourth-order valence-corrected chi connectivity index (χ4v) is 4.27. The second kappa shape index (κ2) is 9.08.